The highest BCUT2D eigenvalue weighted by Crippen LogP contribution is 2.29. The first-order valence-electron chi connectivity index (χ1n) is 14.2. The largest absolute Gasteiger partial charge is 0.352 e. The maximum absolute atomic E-state index is 14.5. The van der Waals surface area contributed by atoms with Crippen LogP contribution in [0.2, 0.25) is 10.0 Å². The maximum Gasteiger partial charge on any atom is 0.264 e. The molecule has 0 bridgehead atoms. The highest BCUT2D eigenvalue weighted by molar-refractivity contribution is 7.92. The molecule has 0 aliphatic rings. The fraction of sp³-hybridized carbons (Fsp3) is 0.235. The summed E-state index contributed by atoms with van der Waals surface area (Å²) < 4.78 is 29.3. The standard InChI is InChI=1S/C34H35Cl2N3O4S/c1-24(2)37-34(41)32(21-26-10-6-4-7-11-26)38(22-27-14-16-28(35)17-15-27)33(40)23-39(31-19-18-29(36)20-25(31)3)44(42,43)30-12-8-5-9-13-30/h4-20,24,32H,21-23H2,1-3H3,(H,37,41)/t32-/m1/s1. The second-order valence-electron chi connectivity index (χ2n) is 10.8. The summed E-state index contributed by atoms with van der Waals surface area (Å²) in [5, 5.41) is 3.92. The Balaban J connectivity index is 1.82. The lowest BCUT2D eigenvalue weighted by atomic mass is 10.0. The zero-order valence-electron chi connectivity index (χ0n) is 24.8. The van der Waals surface area contributed by atoms with Crippen molar-refractivity contribution in [2.24, 2.45) is 0 Å². The fourth-order valence-corrected chi connectivity index (χ4v) is 6.71. The van der Waals surface area contributed by atoms with Crippen LogP contribution in [0.15, 0.2) is 108 Å². The lowest BCUT2D eigenvalue weighted by molar-refractivity contribution is -0.140. The lowest BCUT2D eigenvalue weighted by Gasteiger charge is -2.34. The second kappa shape index (κ2) is 14.8. The Kier molecular flexibility index (Phi) is 11.1. The van der Waals surface area contributed by atoms with Crippen molar-refractivity contribution >= 4 is 50.7 Å². The van der Waals surface area contributed by atoms with E-state index < -0.39 is 28.5 Å². The highest BCUT2D eigenvalue weighted by atomic mass is 35.5. The molecule has 0 saturated heterocycles. The first-order valence-corrected chi connectivity index (χ1v) is 16.4. The smallest absolute Gasteiger partial charge is 0.264 e. The number of aryl methyl sites for hydroxylation is 1. The first-order chi connectivity index (χ1) is 21.0. The number of hydrogen-bond acceptors (Lipinski definition) is 4. The molecule has 4 aromatic rings. The average molecular weight is 653 g/mol. The van der Waals surface area contributed by atoms with Crippen molar-refractivity contribution in [3.05, 3.63) is 130 Å². The molecule has 2 amide bonds. The zero-order chi connectivity index (χ0) is 31.9. The number of hydrogen-bond donors (Lipinski definition) is 1. The number of benzene rings is 4. The molecular weight excluding hydrogens is 617 g/mol. The van der Waals surface area contributed by atoms with Gasteiger partial charge in [-0.05, 0) is 79.9 Å². The third-order valence-electron chi connectivity index (χ3n) is 7.01. The number of halogens is 2. The average Bonchev–Trinajstić information content (AvgIpc) is 2.99. The Hall–Kier alpha value is -3.85. The molecule has 0 unspecified atom stereocenters. The van der Waals surface area contributed by atoms with Crippen molar-refractivity contribution < 1.29 is 18.0 Å². The Morgan fingerprint density at radius 3 is 1.98 bits per heavy atom. The van der Waals surface area contributed by atoms with Gasteiger partial charge in [-0.25, -0.2) is 8.42 Å². The van der Waals surface area contributed by atoms with Gasteiger partial charge in [-0.2, -0.15) is 0 Å². The number of nitrogens with one attached hydrogen (secondary N) is 1. The monoisotopic (exact) mass is 651 g/mol. The summed E-state index contributed by atoms with van der Waals surface area (Å²) in [5.41, 5.74) is 2.47. The molecule has 0 saturated carbocycles. The minimum atomic E-state index is -4.20. The van der Waals surface area contributed by atoms with Crippen LogP contribution in [-0.2, 0) is 32.6 Å². The van der Waals surface area contributed by atoms with E-state index in [1.165, 1.54) is 17.0 Å². The summed E-state index contributed by atoms with van der Waals surface area (Å²) in [5.74, 6) is -0.889. The van der Waals surface area contributed by atoms with Gasteiger partial charge in [0, 0.05) is 29.1 Å². The molecule has 230 valence electrons. The van der Waals surface area contributed by atoms with E-state index in [2.05, 4.69) is 5.32 Å². The van der Waals surface area contributed by atoms with E-state index in [0.717, 1.165) is 15.4 Å². The van der Waals surface area contributed by atoms with E-state index in [-0.39, 0.29) is 29.8 Å². The number of sulfonamides is 1. The molecule has 4 rings (SSSR count). The minimum Gasteiger partial charge on any atom is -0.352 e. The van der Waals surface area contributed by atoms with E-state index in [1.807, 2.05) is 44.2 Å². The quantitative estimate of drug-likeness (QED) is 0.186. The predicted molar refractivity (Wildman–Crippen MR) is 176 cm³/mol. The van der Waals surface area contributed by atoms with Crippen molar-refractivity contribution in [1.29, 1.82) is 0 Å². The molecule has 1 atom stereocenters. The summed E-state index contributed by atoms with van der Waals surface area (Å²) in [6.45, 7) is 4.94. The minimum absolute atomic E-state index is 0.0322. The van der Waals surface area contributed by atoms with Gasteiger partial charge in [0.2, 0.25) is 11.8 Å². The van der Waals surface area contributed by atoms with Crippen LogP contribution in [0.3, 0.4) is 0 Å². The first kappa shape index (κ1) is 33.1. The number of rotatable bonds is 12. The van der Waals surface area contributed by atoms with Gasteiger partial charge in [0.15, 0.2) is 0 Å². The summed E-state index contributed by atoms with van der Waals surface area (Å²) >= 11 is 12.3. The third-order valence-corrected chi connectivity index (χ3v) is 9.27. The number of carbonyl (C=O) groups excluding carboxylic acids is 2. The molecular formula is C34H35Cl2N3O4S. The van der Waals surface area contributed by atoms with Crippen molar-refractivity contribution in [3.63, 3.8) is 0 Å². The van der Waals surface area contributed by atoms with E-state index in [0.29, 0.717) is 21.3 Å². The summed E-state index contributed by atoms with van der Waals surface area (Å²) in [6.07, 6.45) is 0.226. The molecule has 44 heavy (non-hydrogen) atoms. The van der Waals surface area contributed by atoms with Crippen LogP contribution < -0.4 is 9.62 Å². The predicted octanol–water partition coefficient (Wildman–Crippen LogP) is 6.66. The van der Waals surface area contributed by atoms with Gasteiger partial charge in [0.1, 0.15) is 12.6 Å². The molecule has 0 radical (unpaired) electrons. The number of nitrogens with zero attached hydrogens (tertiary/aromatic N) is 2. The van der Waals surface area contributed by atoms with Gasteiger partial charge in [-0.15, -0.1) is 0 Å². The molecule has 0 aromatic heterocycles. The second-order valence-corrected chi connectivity index (χ2v) is 13.5. The molecule has 10 heteroatoms. The SMILES string of the molecule is Cc1cc(Cl)ccc1N(CC(=O)N(Cc1ccc(Cl)cc1)[C@H](Cc1ccccc1)C(=O)NC(C)C)S(=O)(=O)c1ccccc1. The summed E-state index contributed by atoms with van der Waals surface area (Å²) in [7, 11) is -4.20. The van der Waals surface area contributed by atoms with Gasteiger partial charge in [-0.3, -0.25) is 13.9 Å². The van der Waals surface area contributed by atoms with Crippen LogP contribution in [0, 0.1) is 6.92 Å². The molecule has 7 nitrogen and oxygen atoms in total. The Morgan fingerprint density at radius 2 is 1.39 bits per heavy atom. The molecule has 1 N–H and O–H groups in total. The molecule has 0 heterocycles. The van der Waals surface area contributed by atoms with Crippen LogP contribution >= 0.6 is 23.2 Å². The molecule has 0 aliphatic heterocycles. The van der Waals surface area contributed by atoms with E-state index in [4.69, 9.17) is 23.2 Å². The van der Waals surface area contributed by atoms with Crippen molar-refractivity contribution in [2.75, 3.05) is 10.8 Å². The van der Waals surface area contributed by atoms with Crippen LogP contribution in [0.5, 0.6) is 0 Å². The number of anilines is 1. The van der Waals surface area contributed by atoms with Crippen LogP contribution in [0.25, 0.3) is 0 Å². The molecule has 0 fully saturated rings. The Labute approximate surface area is 269 Å². The van der Waals surface area contributed by atoms with E-state index in [9.17, 15) is 18.0 Å². The van der Waals surface area contributed by atoms with Crippen LogP contribution in [-0.4, -0.2) is 43.8 Å². The van der Waals surface area contributed by atoms with Gasteiger partial charge in [0.25, 0.3) is 10.0 Å². The molecule has 0 spiro atoms. The zero-order valence-corrected chi connectivity index (χ0v) is 27.1. The van der Waals surface area contributed by atoms with Crippen molar-refractivity contribution in [2.45, 2.75) is 50.7 Å². The summed E-state index contributed by atoms with van der Waals surface area (Å²) in [4.78, 5) is 29.7. The van der Waals surface area contributed by atoms with E-state index in [1.54, 1.807) is 67.6 Å². The van der Waals surface area contributed by atoms with Gasteiger partial charge < -0.3 is 10.2 Å². The Morgan fingerprint density at radius 1 is 0.795 bits per heavy atom. The van der Waals surface area contributed by atoms with Gasteiger partial charge in [-0.1, -0.05) is 83.9 Å². The maximum atomic E-state index is 14.5. The van der Waals surface area contributed by atoms with Crippen LogP contribution in [0.4, 0.5) is 5.69 Å². The Bertz CT molecular complexity index is 1680. The molecule has 0 aliphatic carbocycles. The van der Waals surface area contributed by atoms with Crippen molar-refractivity contribution in [1.82, 2.24) is 10.2 Å². The highest BCUT2D eigenvalue weighted by Gasteiger charge is 2.35. The van der Waals surface area contributed by atoms with Gasteiger partial charge >= 0.3 is 0 Å². The fourth-order valence-electron chi connectivity index (χ4n) is 4.85. The molecule has 4 aromatic carbocycles. The topological polar surface area (TPSA) is 86.8 Å². The normalized spacial score (nSPS) is 12.0. The van der Waals surface area contributed by atoms with Crippen LogP contribution in [0.1, 0.15) is 30.5 Å². The van der Waals surface area contributed by atoms with Gasteiger partial charge in [0.05, 0.1) is 10.6 Å². The summed E-state index contributed by atoms with van der Waals surface area (Å²) in [6, 6.07) is 28.0. The van der Waals surface area contributed by atoms with Crippen molar-refractivity contribution in [3.8, 4) is 0 Å². The van der Waals surface area contributed by atoms with E-state index >= 15 is 0 Å². The number of amides is 2. The lowest BCUT2D eigenvalue weighted by Crippen LogP contribution is -2.54. The third kappa shape index (κ3) is 8.40. The number of carbonyl (C=O) groups is 2.